The quantitative estimate of drug-likeness (QED) is 0.542. The molecular weight excluding hydrogens is 462 g/mol. The Balaban J connectivity index is 1.68. The molecule has 0 atom stereocenters. The van der Waals surface area contributed by atoms with Gasteiger partial charge in [0.05, 0.1) is 26.9 Å². The summed E-state index contributed by atoms with van der Waals surface area (Å²) in [4.78, 5) is 0.776. The molecule has 0 spiro atoms. The van der Waals surface area contributed by atoms with Gasteiger partial charge in [-0.3, -0.25) is 5.10 Å². The Labute approximate surface area is 186 Å². The first-order valence-electron chi connectivity index (χ1n) is 10.3. The van der Waals surface area contributed by atoms with Crippen molar-refractivity contribution in [2.24, 2.45) is 0 Å². The zero-order chi connectivity index (χ0) is 23.4. The minimum atomic E-state index is -4.89. The van der Waals surface area contributed by atoms with Gasteiger partial charge < -0.3 is 9.64 Å². The summed E-state index contributed by atoms with van der Waals surface area (Å²) in [6.07, 6.45) is -1.33. The van der Waals surface area contributed by atoms with Crippen LogP contribution in [-0.4, -0.2) is 43.6 Å². The molecule has 0 radical (unpaired) electrons. The Hall–Kier alpha value is -2.92. The number of aromatic amines is 1. The van der Waals surface area contributed by atoms with Gasteiger partial charge in [-0.05, 0) is 48.7 Å². The fourth-order valence-electron chi connectivity index (χ4n) is 4.34. The molecule has 1 fully saturated rings. The SMILES string of the molecule is O=S(=O)(c1cc2c(cc1C(F)(F)F)N(c1n[nH]c3ccc(F)cc13)CC=C2)C1CCOCC1. The standard InChI is InChI=1S/C22H19F4N3O3S/c23-14-3-4-18-16(11-14)21(28-27-18)29-7-1-2-13-10-20(17(12-19(13)29)22(24,25)26)33(30,31)15-5-8-32-9-6-15/h1-4,10-12,15H,5-9H2,(H,27,28). The van der Waals surface area contributed by atoms with Crippen LogP contribution in [0.15, 0.2) is 41.3 Å². The van der Waals surface area contributed by atoms with E-state index in [2.05, 4.69) is 10.2 Å². The number of hydrogen-bond acceptors (Lipinski definition) is 5. The Morgan fingerprint density at radius 2 is 1.88 bits per heavy atom. The second kappa shape index (κ2) is 7.84. The second-order valence-corrected chi connectivity index (χ2v) is 10.2. The molecule has 3 aromatic rings. The van der Waals surface area contributed by atoms with Crippen LogP contribution < -0.4 is 4.90 Å². The number of aromatic nitrogens is 2. The number of nitrogens with zero attached hydrogens (tertiary/aromatic N) is 2. The third kappa shape index (κ3) is 3.78. The maximum atomic E-state index is 14.1. The highest BCUT2D eigenvalue weighted by atomic mass is 32.2. The number of sulfone groups is 1. The van der Waals surface area contributed by atoms with Gasteiger partial charge in [-0.2, -0.15) is 18.3 Å². The first kappa shape index (κ1) is 21.9. The lowest BCUT2D eigenvalue weighted by molar-refractivity contribution is -0.139. The summed E-state index contributed by atoms with van der Waals surface area (Å²) in [5.41, 5.74) is -0.239. The average molecular weight is 481 g/mol. The molecule has 0 saturated carbocycles. The highest BCUT2D eigenvalue weighted by Crippen LogP contribution is 2.44. The van der Waals surface area contributed by atoms with Crippen molar-refractivity contribution in [3.8, 4) is 0 Å². The highest BCUT2D eigenvalue weighted by molar-refractivity contribution is 7.92. The number of H-pyrrole nitrogens is 1. The Morgan fingerprint density at radius 1 is 1.12 bits per heavy atom. The summed E-state index contributed by atoms with van der Waals surface area (Å²) in [6, 6.07) is 5.93. The molecule has 11 heteroatoms. The summed E-state index contributed by atoms with van der Waals surface area (Å²) in [6.45, 7) is 0.562. The number of ether oxygens (including phenoxy) is 1. The zero-order valence-electron chi connectivity index (χ0n) is 17.2. The van der Waals surface area contributed by atoms with E-state index in [4.69, 9.17) is 4.74 Å². The lowest BCUT2D eigenvalue weighted by Crippen LogP contribution is -2.31. The lowest BCUT2D eigenvalue weighted by atomic mass is 10.0. The van der Waals surface area contributed by atoms with Crippen molar-refractivity contribution in [2.45, 2.75) is 29.2 Å². The first-order valence-corrected chi connectivity index (χ1v) is 11.9. The van der Waals surface area contributed by atoms with Crippen molar-refractivity contribution in [1.82, 2.24) is 10.2 Å². The van der Waals surface area contributed by atoms with E-state index in [1.165, 1.54) is 23.1 Å². The maximum absolute atomic E-state index is 14.1. The van der Waals surface area contributed by atoms with Crippen LogP contribution in [0, 0.1) is 5.82 Å². The summed E-state index contributed by atoms with van der Waals surface area (Å²) in [5, 5.41) is 6.41. The van der Waals surface area contributed by atoms with Crippen molar-refractivity contribution in [1.29, 1.82) is 0 Å². The Morgan fingerprint density at radius 3 is 2.61 bits per heavy atom. The molecule has 0 aliphatic carbocycles. The van der Waals surface area contributed by atoms with Crippen molar-refractivity contribution in [3.63, 3.8) is 0 Å². The van der Waals surface area contributed by atoms with Crippen LogP contribution in [0.25, 0.3) is 17.0 Å². The van der Waals surface area contributed by atoms with Crippen LogP contribution in [0.5, 0.6) is 0 Å². The van der Waals surface area contributed by atoms with Crippen LogP contribution in [0.2, 0.25) is 0 Å². The van der Waals surface area contributed by atoms with Gasteiger partial charge in [-0.1, -0.05) is 12.2 Å². The molecule has 3 heterocycles. The van der Waals surface area contributed by atoms with Crippen molar-refractivity contribution in [2.75, 3.05) is 24.7 Å². The topological polar surface area (TPSA) is 75.3 Å². The summed E-state index contributed by atoms with van der Waals surface area (Å²) >= 11 is 0. The molecular formula is C22H19F4N3O3S. The molecule has 0 amide bonds. The van der Waals surface area contributed by atoms with Crippen molar-refractivity contribution < 1.29 is 30.7 Å². The summed E-state index contributed by atoms with van der Waals surface area (Å²) in [7, 11) is -4.24. The van der Waals surface area contributed by atoms with E-state index < -0.39 is 37.5 Å². The molecule has 2 aliphatic rings. The second-order valence-electron chi connectivity index (χ2n) is 8.01. The van der Waals surface area contributed by atoms with Gasteiger partial charge in [0.15, 0.2) is 15.7 Å². The Bertz CT molecular complexity index is 1360. The number of fused-ring (bicyclic) bond motifs is 2. The lowest BCUT2D eigenvalue weighted by Gasteiger charge is -2.29. The van der Waals surface area contributed by atoms with E-state index in [0.717, 1.165) is 12.1 Å². The van der Waals surface area contributed by atoms with Crippen LogP contribution in [-0.2, 0) is 20.8 Å². The van der Waals surface area contributed by atoms with Gasteiger partial charge in [0.2, 0.25) is 0 Å². The molecule has 2 aromatic carbocycles. The molecule has 0 bridgehead atoms. The van der Waals surface area contributed by atoms with Crippen LogP contribution in [0.1, 0.15) is 24.0 Å². The molecule has 174 valence electrons. The predicted octanol–water partition coefficient (Wildman–Crippen LogP) is 4.84. The van der Waals surface area contributed by atoms with Gasteiger partial charge in [-0.25, -0.2) is 12.8 Å². The molecule has 5 rings (SSSR count). The minimum Gasteiger partial charge on any atom is -0.381 e. The Kier molecular flexibility index (Phi) is 5.20. The van der Waals surface area contributed by atoms with E-state index in [-0.39, 0.29) is 44.1 Å². The van der Waals surface area contributed by atoms with Crippen LogP contribution in [0.4, 0.5) is 29.1 Å². The fourth-order valence-corrected chi connectivity index (χ4v) is 6.28. The van der Waals surface area contributed by atoms with Crippen LogP contribution in [0.3, 0.4) is 0 Å². The van der Waals surface area contributed by atoms with Gasteiger partial charge in [-0.15, -0.1) is 0 Å². The molecule has 6 nitrogen and oxygen atoms in total. The number of alkyl halides is 3. The largest absolute Gasteiger partial charge is 0.417 e. The molecule has 1 N–H and O–H groups in total. The average Bonchev–Trinajstić information content (AvgIpc) is 3.20. The highest BCUT2D eigenvalue weighted by Gasteiger charge is 2.41. The van der Waals surface area contributed by atoms with E-state index in [1.54, 1.807) is 12.2 Å². The number of nitrogens with one attached hydrogen (secondary N) is 1. The minimum absolute atomic E-state index is 0.142. The van der Waals surface area contributed by atoms with Gasteiger partial charge in [0.25, 0.3) is 0 Å². The summed E-state index contributed by atoms with van der Waals surface area (Å²) in [5.74, 6) is -0.255. The molecule has 33 heavy (non-hydrogen) atoms. The molecule has 1 saturated heterocycles. The molecule has 0 unspecified atom stereocenters. The van der Waals surface area contributed by atoms with Crippen LogP contribution >= 0.6 is 0 Å². The number of benzene rings is 2. The zero-order valence-corrected chi connectivity index (χ0v) is 18.0. The molecule has 1 aromatic heterocycles. The monoisotopic (exact) mass is 481 g/mol. The predicted molar refractivity (Wildman–Crippen MR) is 115 cm³/mol. The maximum Gasteiger partial charge on any atom is 0.417 e. The number of hydrogen-bond donors (Lipinski definition) is 1. The number of rotatable bonds is 3. The first-order chi connectivity index (χ1) is 15.7. The van der Waals surface area contributed by atoms with E-state index in [1.807, 2.05) is 0 Å². The van der Waals surface area contributed by atoms with E-state index in [9.17, 15) is 26.0 Å². The van der Waals surface area contributed by atoms with Gasteiger partial charge in [0, 0.05) is 25.1 Å². The van der Waals surface area contributed by atoms with E-state index >= 15 is 0 Å². The smallest absolute Gasteiger partial charge is 0.381 e. The third-order valence-electron chi connectivity index (χ3n) is 5.98. The number of anilines is 2. The number of halogens is 4. The normalized spacial score (nSPS) is 17.5. The van der Waals surface area contributed by atoms with E-state index in [0.29, 0.717) is 16.5 Å². The van der Waals surface area contributed by atoms with Gasteiger partial charge >= 0.3 is 6.18 Å². The fraction of sp³-hybridized carbons (Fsp3) is 0.318. The summed E-state index contributed by atoms with van der Waals surface area (Å²) < 4.78 is 87.7. The third-order valence-corrected chi connectivity index (χ3v) is 8.28. The molecule has 2 aliphatic heterocycles. The van der Waals surface area contributed by atoms with Gasteiger partial charge in [0.1, 0.15) is 5.82 Å². The van der Waals surface area contributed by atoms with Crippen molar-refractivity contribution >= 4 is 38.3 Å². The van der Waals surface area contributed by atoms with Crippen molar-refractivity contribution in [3.05, 3.63) is 53.4 Å².